The summed E-state index contributed by atoms with van der Waals surface area (Å²) in [6.07, 6.45) is 1.52. The van der Waals surface area contributed by atoms with Crippen LogP contribution >= 0.6 is 7.75 Å². The van der Waals surface area contributed by atoms with Crippen molar-refractivity contribution in [1.29, 1.82) is 0 Å². The zero-order chi connectivity index (χ0) is 29.9. The second-order valence-electron chi connectivity index (χ2n) is 9.61. The Balaban J connectivity index is 1.60. The van der Waals surface area contributed by atoms with Gasteiger partial charge in [0.25, 0.3) is 0 Å². The molecule has 1 aliphatic rings. The fourth-order valence-corrected chi connectivity index (χ4v) is 5.69. The normalized spacial score (nSPS) is 24.5. The Hall–Kier alpha value is -3.60. The standard InChI is InChI=1S/C26H32FN6O7P/c1-7-26(27)21(34)19(39-25(26)33-14-29-20-22(28-6)30-17(5)31-23(20)33)13-37-41(36,40-18-11-9-8-10-12-18)32-16(4)24(35)38-15(2)3/h1,8-12,14-16,19,21,25,34H,13H2,2-6H3,(H,32,36)(H,28,30,31)/t16-,19-,21-,25-,26-,41?/m1/s1. The molecule has 3 N–H and O–H groups in total. The van der Waals surface area contributed by atoms with Crippen LogP contribution in [0.4, 0.5) is 10.2 Å². The summed E-state index contributed by atoms with van der Waals surface area (Å²) in [6.45, 7) is 5.78. The molecule has 1 unspecified atom stereocenters. The van der Waals surface area contributed by atoms with E-state index in [1.54, 1.807) is 46.0 Å². The van der Waals surface area contributed by atoms with Gasteiger partial charge in [0.2, 0.25) is 5.67 Å². The van der Waals surface area contributed by atoms with E-state index in [1.807, 2.05) is 5.92 Å². The summed E-state index contributed by atoms with van der Waals surface area (Å²) in [7, 11) is -2.67. The zero-order valence-corrected chi connectivity index (χ0v) is 24.0. The third kappa shape index (κ3) is 6.34. The number of fused-ring (bicyclic) bond motifs is 1. The Labute approximate surface area is 236 Å². The summed E-state index contributed by atoms with van der Waals surface area (Å²) >= 11 is 0. The molecule has 0 spiro atoms. The van der Waals surface area contributed by atoms with E-state index in [9.17, 15) is 14.5 Å². The maximum absolute atomic E-state index is 16.2. The van der Waals surface area contributed by atoms with Gasteiger partial charge in [-0.2, -0.15) is 5.09 Å². The molecule has 1 aliphatic heterocycles. The minimum absolute atomic E-state index is 0.169. The van der Waals surface area contributed by atoms with Crippen LogP contribution in [0.15, 0.2) is 36.7 Å². The van der Waals surface area contributed by atoms with E-state index >= 15 is 4.39 Å². The third-order valence-electron chi connectivity index (χ3n) is 6.12. The summed E-state index contributed by atoms with van der Waals surface area (Å²) in [6, 6.07) is 6.98. The van der Waals surface area contributed by atoms with Crippen LogP contribution in [0.1, 0.15) is 32.8 Å². The molecule has 13 nitrogen and oxygen atoms in total. The molecule has 15 heteroatoms. The van der Waals surface area contributed by atoms with Gasteiger partial charge in [0.1, 0.15) is 29.8 Å². The first-order chi connectivity index (χ1) is 19.4. The van der Waals surface area contributed by atoms with E-state index in [-0.39, 0.29) is 11.4 Å². The smallest absolute Gasteiger partial charge is 0.459 e. The summed E-state index contributed by atoms with van der Waals surface area (Å²) < 4.78 is 53.4. The Morgan fingerprint density at radius 2 is 2.02 bits per heavy atom. The van der Waals surface area contributed by atoms with E-state index in [0.29, 0.717) is 17.2 Å². The number of terminal acetylenes is 1. The van der Waals surface area contributed by atoms with Crippen LogP contribution in [-0.2, 0) is 23.4 Å². The summed E-state index contributed by atoms with van der Waals surface area (Å²) in [5.74, 6) is 2.24. The first kappa shape index (κ1) is 30.4. The number of hydrogen-bond acceptors (Lipinski definition) is 11. The maximum Gasteiger partial charge on any atom is 0.459 e. The minimum Gasteiger partial charge on any atom is -0.462 e. The number of halogens is 1. The van der Waals surface area contributed by atoms with Crippen LogP contribution in [0.5, 0.6) is 5.75 Å². The van der Waals surface area contributed by atoms with Crippen molar-refractivity contribution >= 4 is 30.7 Å². The first-order valence-electron chi connectivity index (χ1n) is 12.8. The van der Waals surface area contributed by atoms with Gasteiger partial charge in [-0.3, -0.25) is 13.9 Å². The number of imidazole rings is 1. The Morgan fingerprint density at radius 1 is 1.32 bits per heavy atom. The highest BCUT2D eigenvalue weighted by atomic mass is 31.2. The number of aryl methyl sites for hydroxylation is 1. The molecule has 3 aromatic rings. The molecule has 0 aliphatic carbocycles. The molecule has 1 saturated heterocycles. The average Bonchev–Trinajstić information content (AvgIpc) is 3.45. The average molecular weight is 591 g/mol. The number of aliphatic hydroxyl groups is 1. The highest BCUT2D eigenvalue weighted by molar-refractivity contribution is 7.52. The van der Waals surface area contributed by atoms with E-state index in [4.69, 9.17) is 24.9 Å². The number of carbonyl (C=O) groups excluding carboxylic acids is 1. The van der Waals surface area contributed by atoms with Crippen molar-refractivity contribution in [3.63, 3.8) is 0 Å². The number of ether oxygens (including phenoxy) is 2. The number of alkyl halides is 1. The molecule has 0 saturated carbocycles. The molecular formula is C26H32FN6O7P. The third-order valence-corrected chi connectivity index (χ3v) is 7.77. The van der Waals surface area contributed by atoms with Crippen molar-refractivity contribution in [3.05, 3.63) is 42.5 Å². The highest BCUT2D eigenvalue weighted by Crippen LogP contribution is 2.48. The quantitative estimate of drug-likeness (QED) is 0.171. The number of nitrogens with zero attached hydrogens (tertiary/aromatic N) is 4. The molecule has 1 aromatic carbocycles. The van der Waals surface area contributed by atoms with Crippen LogP contribution in [0.25, 0.3) is 11.2 Å². The van der Waals surface area contributed by atoms with Gasteiger partial charge < -0.3 is 24.4 Å². The lowest BCUT2D eigenvalue weighted by Crippen LogP contribution is -2.42. The fourth-order valence-electron chi connectivity index (χ4n) is 4.19. The summed E-state index contributed by atoms with van der Waals surface area (Å²) in [5.41, 5.74) is -2.19. The zero-order valence-electron chi connectivity index (χ0n) is 23.1. The molecule has 0 radical (unpaired) electrons. The van der Waals surface area contributed by atoms with Gasteiger partial charge in [-0.1, -0.05) is 24.1 Å². The van der Waals surface area contributed by atoms with E-state index in [1.165, 1.54) is 30.0 Å². The number of nitrogens with one attached hydrogen (secondary N) is 2. The fraction of sp³-hybridized carbons (Fsp3) is 0.462. The van der Waals surface area contributed by atoms with Crippen molar-refractivity contribution in [1.82, 2.24) is 24.6 Å². The lowest BCUT2D eigenvalue weighted by atomic mass is 9.97. The van der Waals surface area contributed by atoms with E-state index in [0.717, 1.165) is 0 Å². The van der Waals surface area contributed by atoms with Gasteiger partial charge in [-0.05, 0) is 39.8 Å². The number of aliphatic hydroxyl groups excluding tert-OH is 1. The van der Waals surface area contributed by atoms with Gasteiger partial charge >= 0.3 is 13.7 Å². The number of anilines is 1. The van der Waals surface area contributed by atoms with Gasteiger partial charge in [-0.25, -0.2) is 23.9 Å². The lowest BCUT2D eigenvalue weighted by molar-refractivity contribution is -0.149. The van der Waals surface area contributed by atoms with Gasteiger partial charge in [0.05, 0.1) is 19.0 Å². The number of aromatic nitrogens is 4. The van der Waals surface area contributed by atoms with Crippen molar-refractivity contribution < 1.29 is 37.4 Å². The molecule has 220 valence electrons. The largest absolute Gasteiger partial charge is 0.462 e. The Morgan fingerprint density at radius 3 is 2.66 bits per heavy atom. The predicted octanol–water partition coefficient (Wildman–Crippen LogP) is 2.91. The number of benzene rings is 1. The first-order valence-corrected chi connectivity index (χ1v) is 14.3. The SMILES string of the molecule is C#C[C@@]1(F)[C@H](O)[C@@H](COP(=O)(N[C@H](C)C(=O)OC(C)C)Oc2ccccc2)O[C@H]1n1cnc2c(NC)nc(C)nc21. The molecule has 0 bridgehead atoms. The highest BCUT2D eigenvalue weighted by Gasteiger charge is 2.58. The lowest BCUT2D eigenvalue weighted by Gasteiger charge is -2.25. The summed E-state index contributed by atoms with van der Waals surface area (Å²) in [4.78, 5) is 25.3. The molecule has 1 fully saturated rings. The van der Waals surface area contributed by atoms with Gasteiger partial charge in [0, 0.05) is 7.05 Å². The molecule has 6 atom stereocenters. The van der Waals surface area contributed by atoms with E-state index in [2.05, 4.69) is 25.4 Å². The minimum atomic E-state index is -4.32. The number of hydrogen-bond donors (Lipinski definition) is 3. The predicted molar refractivity (Wildman–Crippen MR) is 147 cm³/mol. The monoisotopic (exact) mass is 590 g/mol. The van der Waals surface area contributed by atoms with Crippen molar-refractivity contribution in [2.75, 3.05) is 19.0 Å². The number of esters is 1. The second-order valence-corrected chi connectivity index (χ2v) is 11.3. The Kier molecular flexibility index (Phi) is 8.96. The molecule has 0 amide bonds. The molecule has 4 rings (SSSR count). The van der Waals surface area contributed by atoms with Gasteiger partial charge in [0.15, 0.2) is 23.2 Å². The van der Waals surface area contributed by atoms with E-state index < -0.39 is 56.6 Å². The van der Waals surface area contributed by atoms with Crippen LogP contribution in [0.3, 0.4) is 0 Å². The number of rotatable bonds is 11. The molecule has 41 heavy (non-hydrogen) atoms. The topological polar surface area (TPSA) is 159 Å². The van der Waals surface area contributed by atoms with Crippen molar-refractivity contribution in [2.45, 2.75) is 63.9 Å². The number of para-hydroxylation sites is 1. The van der Waals surface area contributed by atoms with Crippen molar-refractivity contribution in [3.8, 4) is 18.1 Å². The second kappa shape index (κ2) is 12.1. The Bertz CT molecular complexity index is 1480. The molecule has 3 heterocycles. The van der Waals surface area contributed by atoms with Crippen LogP contribution in [0.2, 0.25) is 0 Å². The van der Waals surface area contributed by atoms with Crippen LogP contribution < -0.4 is 14.9 Å². The molecule has 2 aromatic heterocycles. The number of carbonyl (C=O) groups is 1. The van der Waals surface area contributed by atoms with Crippen molar-refractivity contribution in [2.24, 2.45) is 0 Å². The molecular weight excluding hydrogens is 558 g/mol. The van der Waals surface area contributed by atoms with Crippen LogP contribution in [-0.4, -0.2) is 74.3 Å². The van der Waals surface area contributed by atoms with Gasteiger partial charge in [-0.15, -0.1) is 6.42 Å². The maximum atomic E-state index is 16.2. The van der Waals surface area contributed by atoms with Crippen LogP contribution in [0, 0.1) is 19.3 Å². The summed E-state index contributed by atoms with van der Waals surface area (Å²) in [5, 5.41) is 16.4.